The number of aromatic nitrogens is 1. The number of hydrogen-bond acceptors (Lipinski definition) is 5. The lowest BCUT2D eigenvalue weighted by molar-refractivity contribution is 0.102. The number of hydrogen-bond donors (Lipinski definition) is 3. The van der Waals surface area contributed by atoms with Crippen molar-refractivity contribution in [3.63, 3.8) is 0 Å². The van der Waals surface area contributed by atoms with E-state index < -0.39 is 5.91 Å². The van der Waals surface area contributed by atoms with Crippen LogP contribution in [0.1, 0.15) is 39.1 Å². The van der Waals surface area contributed by atoms with Crippen molar-refractivity contribution in [3.8, 4) is 5.75 Å². The summed E-state index contributed by atoms with van der Waals surface area (Å²) < 4.78 is 5.23. The van der Waals surface area contributed by atoms with Gasteiger partial charge < -0.3 is 20.5 Å². The Morgan fingerprint density at radius 3 is 2.41 bits per heavy atom. The summed E-state index contributed by atoms with van der Waals surface area (Å²) in [5.74, 6) is -0.00880. The molecule has 1 fully saturated rings. The van der Waals surface area contributed by atoms with E-state index in [1.165, 1.54) is 13.3 Å². The number of rotatable bonds is 7. The third-order valence-electron chi connectivity index (χ3n) is 5.60. The van der Waals surface area contributed by atoms with Crippen LogP contribution in [0.5, 0.6) is 5.75 Å². The first-order chi connectivity index (χ1) is 15.4. The number of methoxy groups -OCH3 is 1. The summed E-state index contributed by atoms with van der Waals surface area (Å²) in [4.78, 5) is 29.8. The third kappa shape index (κ3) is 4.59. The van der Waals surface area contributed by atoms with E-state index in [1.54, 1.807) is 42.5 Å². The summed E-state index contributed by atoms with van der Waals surface area (Å²) in [5, 5.41) is 15.5. The van der Waals surface area contributed by atoms with E-state index in [4.69, 9.17) is 16.3 Å². The molecule has 4 rings (SSSR count). The minimum absolute atomic E-state index is 0.103. The van der Waals surface area contributed by atoms with Crippen LogP contribution < -0.4 is 15.4 Å². The van der Waals surface area contributed by atoms with E-state index in [2.05, 4.69) is 15.6 Å². The number of nitrogens with zero attached hydrogens (tertiary/aromatic N) is 1. The van der Waals surface area contributed by atoms with Crippen molar-refractivity contribution < 1.29 is 19.4 Å². The SMILES string of the molecule is COc1ccc(NC(=O)c2ccc(C3(CO)CC3)cc2)c(C(=O)Nc2ccc(Cl)cn2)c1. The monoisotopic (exact) mass is 451 g/mol. The van der Waals surface area contributed by atoms with Crippen molar-refractivity contribution in [2.45, 2.75) is 18.3 Å². The molecule has 0 aliphatic heterocycles. The molecule has 1 aromatic heterocycles. The lowest BCUT2D eigenvalue weighted by Gasteiger charge is -2.14. The molecule has 3 N–H and O–H groups in total. The van der Waals surface area contributed by atoms with Crippen molar-refractivity contribution in [1.82, 2.24) is 4.98 Å². The highest BCUT2D eigenvalue weighted by Crippen LogP contribution is 2.47. The molecule has 0 bridgehead atoms. The van der Waals surface area contributed by atoms with Crippen LogP contribution in [0.25, 0.3) is 0 Å². The fourth-order valence-corrected chi connectivity index (χ4v) is 3.55. The van der Waals surface area contributed by atoms with Gasteiger partial charge in [-0.2, -0.15) is 0 Å². The quantitative estimate of drug-likeness (QED) is 0.498. The Morgan fingerprint density at radius 1 is 1.06 bits per heavy atom. The number of carbonyl (C=O) groups excluding carboxylic acids is 2. The fraction of sp³-hybridized carbons (Fsp3) is 0.208. The van der Waals surface area contributed by atoms with E-state index >= 15 is 0 Å². The van der Waals surface area contributed by atoms with E-state index in [9.17, 15) is 14.7 Å². The second-order valence-corrected chi connectivity index (χ2v) is 8.13. The molecule has 2 aromatic carbocycles. The van der Waals surface area contributed by atoms with Crippen LogP contribution in [-0.2, 0) is 5.41 Å². The number of amides is 2. The van der Waals surface area contributed by atoms with Gasteiger partial charge in [0.25, 0.3) is 11.8 Å². The van der Waals surface area contributed by atoms with Crippen LogP contribution in [-0.4, -0.2) is 35.6 Å². The summed E-state index contributed by atoms with van der Waals surface area (Å²) >= 11 is 5.84. The Morgan fingerprint density at radius 2 is 1.81 bits per heavy atom. The number of halogens is 1. The Bertz CT molecular complexity index is 1140. The first kappa shape index (κ1) is 21.8. The van der Waals surface area contributed by atoms with Gasteiger partial charge in [0.2, 0.25) is 0 Å². The maximum atomic E-state index is 12.9. The molecule has 1 aliphatic rings. The molecule has 1 saturated carbocycles. The number of ether oxygens (including phenoxy) is 1. The lowest BCUT2D eigenvalue weighted by atomic mass is 9.96. The van der Waals surface area contributed by atoms with Gasteiger partial charge in [-0.25, -0.2) is 4.98 Å². The summed E-state index contributed by atoms with van der Waals surface area (Å²) in [6, 6.07) is 15.2. The van der Waals surface area contributed by atoms with Crippen molar-refractivity contribution >= 4 is 34.9 Å². The number of benzene rings is 2. The molecule has 0 radical (unpaired) electrons. The number of pyridine rings is 1. The maximum Gasteiger partial charge on any atom is 0.259 e. The second kappa shape index (κ2) is 8.98. The molecule has 0 atom stereocenters. The van der Waals surface area contributed by atoms with Crippen LogP contribution in [0.4, 0.5) is 11.5 Å². The standard InChI is InChI=1S/C24H22ClN3O4/c1-32-18-7-8-20(19(12-18)23(31)28-21-9-6-17(25)13-26-21)27-22(30)15-2-4-16(5-3-15)24(14-29)10-11-24/h2-9,12-13,29H,10-11,14H2,1H3,(H,27,30)(H,26,28,31). The van der Waals surface area contributed by atoms with E-state index in [0.29, 0.717) is 27.8 Å². The van der Waals surface area contributed by atoms with Gasteiger partial charge in [-0.15, -0.1) is 0 Å². The smallest absolute Gasteiger partial charge is 0.259 e. The number of aliphatic hydroxyl groups is 1. The third-order valence-corrected chi connectivity index (χ3v) is 5.83. The summed E-state index contributed by atoms with van der Waals surface area (Å²) in [6.07, 6.45) is 3.32. The maximum absolute atomic E-state index is 12.9. The van der Waals surface area contributed by atoms with E-state index in [0.717, 1.165) is 18.4 Å². The Kier molecular flexibility index (Phi) is 6.12. The largest absolute Gasteiger partial charge is 0.497 e. The van der Waals surface area contributed by atoms with Crippen molar-refractivity contribution in [2.24, 2.45) is 0 Å². The van der Waals surface area contributed by atoms with E-state index in [-0.39, 0.29) is 23.5 Å². The van der Waals surface area contributed by atoms with Gasteiger partial charge in [0.15, 0.2) is 0 Å². The molecule has 32 heavy (non-hydrogen) atoms. The van der Waals surface area contributed by atoms with E-state index in [1.807, 2.05) is 12.1 Å². The van der Waals surface area contributed by atoms with Gasteiger partial charge in [-0.1, -0.05) is 23.7 Å². The van der Waals surface area contributed by atoms with Gasteiger partial charge in [0.05, 0.1) is 30.0 Å². The van der Waals surface area contributed by atoms with Gasteiger partial charge in [-0.3, -0.25) is 9.59 Å². The van der Waals surface area contributed by atoms with Crippen LogP contribution in [0.15, 0.2) is 60.8 Å². The van der Waals surface area contributed by atoms with Gasteiger partial charge in [0.1, 0.15) is 11.6 Å². The molecule has 164 valence electrons. The predicted molar refractivity (Wildman–Crippen MR) is 123 cm³/mol. The van der Waals surface area contributed by atoms with Gasteiger partial charge >= 0.3 is 0 Å². The van der Waals surface area contributed by atoms with Crippen LogP contribution in [0.2, 0.25) is 5.02 Å². The molecule has 1 aliphatic carbocycles. The molecule has 8 heteroatoms. The fourth-order valence-electron chi connectivity index (χ4n) is 3.44. The lowest BCUT2D eigenvalue weighted by Crippen LogP contribution is -2.19. The number of anilines is 2. The Hall–Kier alpha value is -3.42. The first-order valence-corrected chi connectivity index (χ1v) is 10.5. The molecule has 0 saturated heterocycles. The highest BCUT2D eigenvalue weighted by molar-refractivity contribution is 6.30. The molecule has 2 amide bonds. The molecule has 3 aromatic rings. The highest BCUT2D eigenvalue weighted by atomic mass is 35.5. The van der Waals surface area contributed by atoms with Crippen molar-refractivity contribution in [3.05, 3.63) is 82.5 Å². The topological polar surface area (TPSA) is 101 Å². The predicted octanol–water partition coefficient (Wildman–Crippen LogP) is 4.27. The molecule has 7 nitrogen and oxygen atoms in total. The molecule has 0 spiro atoms. The van der Waals surface area contributed by atoms with Crippen LogP contribution >= 0.6 is 11.6 Å². The summed E-state index contributed by atoms with van der Waals surface area (Å²) in [7, 11) is 1.50. The highest BCUT2D eigenvalue weighted by Gasteiger charge is 2.43. The minimum atomic E-state index is -0.456. The minimum Gasteiger partial charge on any atom is -0.497 e. The number of carbonyl (C=O) groups is 2. The number of nitrogens with one attached hydrogen (secondary N) is 2. The van der Waals surface area contributed by atoms with Gasteiger partial charge in [0, 0.05) is 17.2 Å². The van der Waals surface area contributed by atoms with Crippen molar-refractivity contribution in [2.75, 3.05) is 24.4 Å². The zero-order valence-corrected chi connectivity index (χ0v) is 18.1. The Labute approximate surface area is 190 Å². The normalized spacial score (nSPS) is 13.8. The Balaban J connectivity index is 1.54. The number of aliphatic hydroxyl groups excluding tert-OH is 1. The van der Waals surface area contributed by atoms with Crippen LogP contribution in [0.3, 0.4) is 0 Å². The molecular weight excluding hydrogens is 430 g/mol. The summed E-state index contributed by atoms with van der Waals surface area (Å²) in [6.45, 7) is 0.103. The average molecular weight is 452 g/mol. The van der Waals surface area contributed by atoms with Crippen LogP contribution in [0, 0.1) is 0 Å². The second-order valence-electron chi connectivity index (χ2n) is 7.70. The molecule has 0 unspecified atom stereocenters. The summed E-state index contributed by atoms with van der Waals surface area (Å²) in [5.41, 5.74) is 1.87. The van der Waals surface area contributed by atoms with Gasteiger partial charge in [-0.05, 0) is 60.9 Å². The zero-order valence-electron chi connectivity index (χ0n) is 17.4. The van der Waals surface area contributed by atoms with Crippen molar-refractivity contribution in [1.29, 1.82) is 0 Å². The molecular formula is C24H22ClN3O4. The zero-order chi connectivity index (χ0) is 22.7. The average Bonchev–Trinajstić information content (AvgIpc) is 3.62. The molecule has 1 heterocycles. The first-order valence-electron chi connectivity index (χ1n) is 10.1.